The number of fused-ring (bicyclic) bond motifs is 1. The van der Waals surface area contributed by atoms with Gasteiger partial charge in [0.05, 0.1) is 12.6 Å². The molecule has 1 heterocycles. The number of carbonyl (C=O) groups excluding carboxylic acids is 9. The molecule has 28 heteroatoms. The van der Waals surface area contributed by atoms with E-state index in [-0.39, 0.29) is 66.8 Å². The van der Waals surface area contributed by atoms with Crippen LogP contribution >= 0.6 is 25.3 Å². The molecule has 9 atom stereocenters. The maximum atomic E-state index is 14.4. The molecular formula is C58H73N11O15S2. The Labute approximate surface area is 505 Å². The van der Waals surface area contributed by atoms with Gasteiger partial charge in [-0.25, -0.2) is 4.79 Å². The van der Waals surface area contributed by atoms with Crippen LogP contribution in [-0.4, -0.2) is 162 Å². The molecular weight excluding hydrogens is 1150 g/mol. The van der Waals surface area contributed by atoms with Crippen molar-refractivity contribution in [2.75, 3.05) is 18.1 Å². The first-order chi connectivity index (χ1) is 40.9. The summed E-state index contributed by atoms with van der Waals surface area (Å²) in [5.74, 6) is -10.9. The number of phenolic OH excluding ortho intramolecular Hbond substituents is 3. The summed E-state index contributed by atoms with van der Waals surface area (Å²) in [5, 5.41) is 70.5. The molecule has 0 aliphatic rings. The maximum Gasteiger partial charge on any atom is 0.326 e. The van der Waals surface area contributed by atoms with Gasteiger partial charge in [0.1, 0.15) is 65.6 Å². The van der Waals surface area contributed by atoms with Gasteiger partial charge in [-0.2, -0.15) is 25.3 Å². The van der Waals surface area contributed by atoms with Gasteiger partial charge in [-0.3, -0.25) is 43.2 Å². The molecule has 0 radical (unpaired) electrons. The Morgan fingerprint density at radius 3 is 1.36 bits per heavy atom. The number of primary amides is 1. The van der Waals surface area contributed by atoms with Crippen LogP contribution in [-0.2, 0) is 73.6 Å². The Balaban J connectivity index is 1.34. The third-order valence-corrected chi connectivity index (χ3v) is 14.3. The number of para-hydroxylation sites is 1. The van der Waals surface area contributed by atoms with E-state index in [9.17, 15) is 73.5 Å². The molecule has 4 aromatic carbocycles. The molecule has 0 saturated heterocycles. The smallest absolute Gasteiger partial charge is 0.326 e. The van der Waals surface area contributed by atoms with Gasteiger partial charge in [-0.15, -0.1) is 0 Å². The standard InChI is InChI=1S/C58H73N11O15S2/c1-30(2)21-42(52(77)69-48(29-86)57(82)66-45(58(83)84)24-33-11-17-37(73)18-12-33)63-53(78)43(23-32-9-15-36(72)16-10-32)64-51(76)41(19-20-49(60)74)62-55(80)46(27-70)67-54(79)44(25-34-26-61-40-6-4-3-5-38(34)40)65-56(81)47(28-85)68-50(75)39(59)22-31-7-13-35(71)14-8-31/h3-18,26,30,39,41-48,61,70-73,85-86H,19-25,27-29,59H2,1-2H3,(H2,60,74)(H,62,80)(H,63,78)(H,64,76)(H,65,81)(H,66,82)(H,67,79)(H,68,75)(H,69,77)(H,83,84)/t39-,41-,42-,43-,44-,45-,46-,47-,48-/m0/s1. The van der Waals surface area contributed by atoms with Crippen molar-refractivity contribution in [1.82, 2.24) is 47.5 Å². The number of benzene rings is 4. The monoisotopic (exact) mass is 1230 g/mol. The number of hydrogen-bond acceptors (Lipinski definition) is 17. The molecule has 0 aliphatic heterocycles. The van der Waals surface area contributed by atoms with Crippen molar-refractivity contribution < 1.29 is 73.5 Å². The summed E-state index contributed by atoms with van der Waals surface area (Å²) < 4.78 is 0. The molecule has 462 valence electrons. The molecule has 0 fully saturated rings. The minimum absolute atomic E-state index is 0.00606. The molecule has 0 unspecified atom stereocenters. The number of carboxylic acids is 1. The first kappa shape index (κ1) is 67.9. The van der Waals surface area contributed by atoms with Crippen LogP contribution in [0.5, 0.6) is 17.2 Å². The Bertz CT molecular complexity index is 3170. The van der Waals surface area contributed by atoms with E-state index < -0.39 is 133 Å². The number of aliphatic hydroxyl groups excluding tert-OH is 1. The number of carbonyl (C=O) groups is 10. The van der Waals surface area contributed by atoms with Gasteiger partial charge in [0.15, 0.2) is 0 Å². The van der Waals surface area contributed by atoms with Gasteiger partial charge in [-0.05, 0) is 89.9 Å². The highest BCUT2D eigenvalue weighted by molar-refractivity contribution is 7.80. The lowest BCUT2D eigenvalue weighted by molar-refractivity contribution is -0.142. The second kappa shape index (κ2) is 33.0. The average molecular weight is 1230 g/mol. The summed E-state index contributed by atoms with van der Waals surface area (Å²) >= 11 is 8.47. The van der Waals surface area contributed by atoms with E-state index in [1.165, 1.54) is 60.7 Å². The number of H-pyrrole nitrogens is 1. The third-order valence-electron chi connectivity index (χ3n) is 13.6. The number of hydrogen-bond donors (Lipinski definition) is 18. The number of aromatic hydroxyl groups is 3. The van der Waals surface area contributed by atoms with Gasteiger partial charge in [0.2, 0.25) is 53.2 Å². The molecule has 18 N–H and O–H groups in total. The molecule has 0 saturated carbocycles. The number of nitrogens with one attached hydrogen (secondary N) is 9. The minimum atomic E-state index is -1.84. The largest absolute Gasteiger partial charge is 0.508 e. The number of aliphatic carboxylic acids is 1. The summed E-state index contributed by atoms with van der Waals surface area (Å²) in [4.78, 5) is 139. The van der Waals surface area contributed by atoms with Crippen molar-refractivity contribution in [3.63, 3.8) is 0 Å². The number of aromatic nitrogens is 1. The summed E-state index contributed by atoms with van der Waals surface area (Å²) in [5.41, 5.74) is 14.3. The van der Waals surface area contributed by atoms with Crippen LogP contribution in [0.2, 0.25) is 0 Å². The fourth-order valence-corrected chi connectivity index (χ4v) is 9.39. The highest BCUT2D eigenvalue weighted by Crippen LogP contribution is 2.21. The molecule has 0 aliphatic carbocycles. The highest BCUT2D eigenvalue weighted by Gasteiger charge is 2.36. The van der Waals surface area contributed by atoms with E-state index in [1.807, 2.05) is 0 Å². The number of aliphatic hydroxyl groups is 1. The second-order valence-corrected chi connectivity index (χ2v) is 21.5. The predicted molar refractivity (Wildman–Crippen MR) is 321 cm³/mol. The topological polar surface area (TPSA) is 436 Å². The highest BCUT2D eigenvalue weighted by atomic mass is 32.1. The lowest BCUT2D eigenvalue weighted by Crippen LogP contribution is -2.61. The molecule has 0 spiro atoms. The van der Waals surface area contributed by atoms with Gasteiger partial charge in [0.25, 0.3) is 0 Å². The number of rotatable bonds is 33. The van der Waals surface area contributed by atoms with Crippen LogP contribution in [0.25, 0.3) is 10.9 Å². The van der Waals surface area contributed by atoms with Crippen molar-refractivity contribution in [2.45, 2.75) is 113 Å². The summed E-state index contributed by atoms with van der Waals surface area (Å²) in [6, 6.07) is 10.8. The molecule has 26 nitrogen and oxygen atoms in total. The number of nitrogens with two attached hydrogens (primary N) is 2. The van der Waals surface area contributed by atoms with Crippen LogP contribution in [0.1, 0.15) is 55.4 Å². The molecule has 0 bridgehead atoms. The molecule has 9 amide bonds. The Morgan fingerprint density at radius 1 is 0.488 bits per heavy atom. The molecule has 86 heavy (non-hydrogen) atoms. The van der Waals surface area contributed by atoms with Crippen LogP contribution in [0, 0.1) is 5.92 Å². The lowest BCUT2D eigenvalue weighted by atomic mass is 10.00. The Hall–Kier alpha value is -8.86. The van der Waals surface area contributed by atoms with Crippen LogP contribution in [0.4, 0.5) is 0 Å². The second-order valence-electron chi connectivity index (χ2n) is 20.8. The van der Waals surface area contributed by atoms with E-state index in [4.69, 9.17) is 11.5 Å². The zero-order chi connectivity index (χ0) is 63.2. The normalized spacial score (nSPS) is 14.3. The lowest BCUT2D eigenvalue weighted by Gasteiger charge is -2.28. The van der Waals surface area contributed by atoms with E-state index in [1.54, 1.807) is 56.4 Å². The predicted octanol–water partition coefficient (Wildman–Crippen LogP) is -0.991. The van der Waals surface area contributed by atoms with Crippen molar-refractivity contribution in [3.05, 3.63) is 126 Å². The van der Waals surface area contributed by atoms with Crippen molar-refractivity contribution in [3.8, 4) is 17.2 Å². The Morgan fingerprint density at radius 2 is 0.872 bits per heavy atom. The van der Waals surface area contributed by atoms with E-state index in [0.717, 1.165) is 0 Å². The SMILES string of the molecule is CC(C)C[C@H](NC(=O)[C@H](Cc1ccc(O)cc1)NC(=O)[C@H](CCC(N)=O)NC(=O)[C@H](CO)NC(=O)[C@H](Cc1c[nH]c2ccccc12)NC(=O)[C@H](CS)NC(=O)[C@@H](N)Cc1ccc(O)cc1)C(=O)N[C@@H](CS)C(=O)N[C@@H](Cc1ccc(O)cc1)C(=O)O. The zero-order valence-electron chi connectivity index (χ0n) is 47.0. The minimum Gasteiger partial charge on any atom is -0.508 e. The molecule has 5 aromatic rings. The van der Waals surface area contributed by atoms with E-state index >= 15 is 0 Å². The number of aromatic amines is 1. The quantitative estimate of drug-likeness (QED) is 0.0224. The number of carboxylic acid groups (broad SMARTS) is 1. The van der Waals surface area contributed by atoms with Crippen LogP contribution in [0.15, 0.2) is 103 Å². The average Bonchev–Trinajstić information content (AvgIpc) is 2.29. The fraction of sp³-hybridized carbons (Fsp3) is 0.379. The zero-order valence-corrected chi connectivity index (χ0v) is 48.8. The van der Waals surface area contributed by atoms with Crippen molar-refractivity contribution in [1.29, 1.82) is 0 Å². The maximum absolute atomic E-state index is 14.4. The van der Waals surface area contributed by atoms with Crippen LogP contribution in [0.3, 0.4) is 0 Å². The van der Waals surface area contributed by atoms with Gasteiger partial charge < -0.3 is 84.5 Å². The van der Waals surface area contributed by atoms with E-state index in [0.29, 0.717) is 33.2 Å². The molecule has 1 aromatic heterocycles. The number of phenols is 3. The fourth-order valence-electron chi connectivity index (χ4n) is 8.88. The first-order valence-electron chi connectivity index (χ1n) is 27.3. The first-order valence-corrected chi connectivity index (χ1v) is 28.6. The van der Waals surface area contributed by atoms with Crippen LogP contribution < -0.4 is 54.0 Å². The molecule has 5 rings (SSSR count). The van der Waals surface area contributed by atoms with Crippen molar-refractivity contribution >= 4 is 95.3 Å². The van der Waals surface area contributed by atoms with Gasteiger partial charge in [-0.1, -0.05) is 68.4 Å². The van der Waals surface area contributed by atoms with Gasteiger partial charge in [0, 0.05) is 54.3 Å². The van der Waals surface area contributed by atoms with Crippen molar-refractivity contribution in [2.24, 2.45) is 17.4 Å². The number of thiol groups is 2. The summed E-state index contributed by atoms with van der Waals surface area (Å²) in [7, 11) is 0. The summed E-state index contributed by atoms with van der Waals surface area (Å²) in [6.45, 7) is 2.40. The Kier molecular flexibility index (Phi) is 26.1. The van der Waals surface area contributed by atoms with E-state index in [2.05, 4.69) is 72.8 Å². The number of amides is 9. The van der Waals surface area contributed by atoms with Gasteiger partial charge >= 0.3 is 5.97 Å². The summed E-state index contributed by atoms with van der Waals surface area (Å²) in [6.07, 6.45) is -0.0571. The third kappa shape index (κ3) is 21.0.